The number of aromatic nitrogens is 1. The Morgan fingerprint density at radius 3 is 2.75 bits per heavy atom. The normalized spacial score (nSPS) is 13.7. The fourth-order valence-electron chi connectivity index (χ4n) is 2.38. The Hall–Kier alpha value is -2.74. The van der Waals surface area contributed by atoms with Crippen LogP contribution in [0.5, 0.6) is 0 Å². The number of anilines is 1. The van der Waals surface area contributed by atoms with Crippen LogP contribution in [0.2, 0.25) is 0 Å². The van der Waals surface area contributed by atoms with E-state index in [4.69, 9.17) is 10.5 Å². The molecule has 2 heterocycles. The molecule has 1 aromatic heterocycles. The van der Waals surface area contributed by atoms with E-state index in [9.17, 15) is 9.59 Å². The third-order valence-electron chi connectivity index (χ3n) is 3.62. The van der Waals surface area contributed by atoms with E-state index in [1.54, 1.807) is 6.92 Å². The number of aryl methyl sites for hydroxylation is 1. The molecule has 2 aromatic rings. The summed E-state index contributed by atoms with van der Waals surface area (Å²) in [6, 6.07) is 9.66. The predicted molar refractivity (Wildman–Crippen MR) is 90.9 cm³/mol. The van der Waals surface area contributed by atoms with Crippen LogP contribution < -0.4 is 5.73 Å². The highest BCUT2D eigenvalue weighted by Crippen LogP contribution is 2.21. The molecule has 0 atom stereocenters. The van der Waals surface area contributed by atoms with Gasteiger partial charge in [0.15, 0.2) is 6.61 Å². The lowest BCUT2D eigenvalue weighted by Gasteiger charge is -2.11. The van der Waals surface area contributed by atoms with Crippen molar-refractivity contribution in [2.24, 2.45) is 5.10 Å². The number of esters is 1. The van der Waals surface area contributed by atoms with Crippen molar-refractivity contribution < 1.29 is 14.3 Å². The number of carbonyl (C=O) groups is 2. The first-order chi connectivity index (χ1) is 11.6. The van der Waals surface area contributed by atoms with E-state index >= 15 is 0 Å². The lowest BCUT2D eigenvalue weighted by atomic mass is 10.1. The molecule has 0 aliphatic carbocycles. The second-order valence-corrected chi connectivity index (χ2v) is 6.07. The summed E-state index contributed by atoms with van der Waals surface area (Å²) < 4.78 is 9.03. The van der Waals surface area contributed by atoms with E-state index in [0.717, 1.165) is 22.8 Å². The fraction of sp³-hybridized carbons (Fsp3) is 0.250. The molecule has 0 saturated heterocycles. The van der Waals surface area contributed by atoms with E-state index in [0.29, 0.717) is 18.7 Å². The zero-order chi connectivity index (χ0) is 17.1. The van der Waals surface area contributed by atoms with Gasteiger partial charge in [0.25, 0.3) is 5.91 Å². The zero-order valence-electron chi connectivity index (χ0n) is 13.1. The second-order valence-electron chi connectivity index (χ2n) is 5.26. The largest absolute Gasteiger partial charge is 0.452 e. The Bertz CT molecular complexity index is 781. The Balaban J connectivity index is 1.60. The first-order valence-electron chi connectivity index (χ1n) is 7.38. The molecule has 0 unspecified atom stereocenters. The third-order valence-corrected chi connectivity index (χ3v) is 4.38. The van der Waals surface area contributed by atoms with E-state index in [1.807, 2.05) is 30.3 Å². The van der Waals surface area contributed by atoms with Crippen molar-refractivity contribution in [3.8, 4) is 0 Å². The maximum atomic E-state index is 12.2. The van der Waals surface area contributed by atoms with Gasteiger partial charge < -0.3 is 10.5 Å². The van der Waals surface area contributed by atoms with Crippen LogP contribution in [0.3, 0.4) is 0 Å². The molecule has 0 saturated carbocycles. The van der Waals surface area contributed by atoms with Crippen LogP contribution in [0.25, 0.3) is 0 Å². The topological polar surface area (TPSA) is 97.9 Å². The molecular formula is C16H16N4O3S. The zero-order valence-corrected chi connectivity index (χ0v) is 13.9. The molecule has 0 radical (unpaired) electrons. The van der Waals surface area contributed by atoms with Gasteiger partial charge in [0, 0.05) is 6.42 Å². The standard InChI is InChI=1S/C16H16N4O3S/c1-10-14(15(17)24-19-10)16(22)23-9-13(21)20-8-7-12(18-20)11-5-3-2-4-6-11/h2-6H,7-9,17H2,1H3. The Morgan fingerprint density at radius 2 is 2.08 bits per heavy atom. The van der Waals surface area contributed by atoms with Crippen LogP contribution in [0.4, 0.5) is 5.00 Å². The molecule has 0 spiro atoms. The van der Waals surface area contributed by atoms with Crippen molar-refractivity contribution in [1.29, 1.82) is 0 Å². The second kappa shape index (κ2) is 6.79. The number of carbonyl (C=O) groups excluding carboxylic acids is 2. The summed E-state index contributed by atoms with van der Waals surface area (Å²) in [6.45, 7) is 1.77. The van der Waals surface area contributed by atoms with Gasteiger partial charge in [-0.1, -0.05) is 30.3 Å². The maximum absolute atomic E-state index is 12.2. The SMILES string of the molecule is Cc1nsc(N)c1C(=O)OCC(=O)N1CCC(c2ccccc2)=N1. The highest BCUT2D eigenvalue weighted by molar-refractivity contribution is 7.10. The van der Waals surface area contributed by atoms with Crippen molar-refractivity contribution in [2.75, 3.05) is 18.9 Å². The van der Waals surface area contributed by atoms with Gasteiger partial charge >= 0.3 is 5.97 Å². The van der Waals surface area contributed by atoms with Gasteiger partial charge in [-0.3, -0.25) is 4.79 Å². The first kappa shape index (κ1) is 16.1. The van der Waals surface area contributed by atoms with Crippen molar-refractivity contribution >= 4 is 34.1 Å². The van der Waals surface area contributed by atoms with Crippen molar-refractivity contribution in [1.82, 2.24) is 9.38 Å². The van der Waals surface area contributed by atoms with Crippen LogP contribution in [-0.4, -0.2) is 40.1 Å². The lowest BCUT2D eigenvalue weighted by Crippen LogP contribution is -2.29. The molecule has 1 amide bonds. The monoisotopic (exact) mass is 344 g/mol. The molecule has 1 aliphatic heterocycles. The summed E-state index contributed by atoms with van der Waals surface area (Å²) >= 11 is 1.03. The number of rotatable bonds is 4. The third kappa shape index (κ3) is 3.28. The molecule has 0 fully saturated rings. The molecule has 1 aromatic carbocycles. The van der Waals surface area contributed by atoms with Gasteiger partial charge in [-0.25, -0.2) is 9.80 Å². The van der Waals surface area contributed by atoms with Gasteiger partial charge in [-0.2, -0.15) is 9.47 Å². The van der Waals surface area contributed by atoms with E-state index in [1.165, 1.54) is 5.01 Å². The number of nitrogens with two attached hydrogens (primary N) is 1. The van der Waals surface area contributed by atoms with Crippen LogP contribution in [-0.2, 0) is 9.53 Å². The van der Waals surface area contributed by atoms with Crippen LogP contribution in [0.1, 0.15) is 28.0 Å². The first-order valence-corrected chi connectivity index (χ1v) is 8.15. The average molecular weight is 344 g/mol. The summed E-state index contributed by atoms with van der Waals surface area (Å²) in [5, 5.41) is 5.93. The molecule has 2 N–H and O–H groups in total. The van der Waals surface area contributed by atoms with E-state index < -0.39 is 5.97 Å². The molecule has 124 valence electrons. The maximum Gasteiger partial charge on any atom is 0.343 e. The van der Waals surface area contributed by atoms with E-state index in [-0.39, 0.29) is 23.1 Å². The summed E-state index contributed by atoms with van der Waals surface area (Å²) in [5.74, 6) is -1.01. The van der Waals surface area contributed by atoms with Crippen LogP contribution >= 0.6 is 11.5 Å². The molecule has 0 bridgehead atoms. The van der Waals surface area contributed by atoms with Gasteiger partial charge in [0.05, 0.1) is 18.0 Å². The number of nitrogen functional groups attached to an aromatic ring is 1. The Kier molecular flexibility index (Phi) is 4.57. The minimum Gasteiger partial charge on any atom is -0.452 e. The lowest BCUT2D eigenvalue weighted by molar-refractivity contribution is -0.134. The van der Waals surface area contributed by atoms with Crippen LogP contribution in [0.15, 0.2) is 35.4 Å². The van der Waals surface area contributed by atoms with E-state index in [2.05, 4.69) is 9.47 Å². The number of benzene rings is 1. The summed E-state index contributed by atoms with van der Waals surface area (Å²) in [6.07, 6.45) is 0.671. The molecule has 3 rings (SSSR count). The van der Waals surface area contributed by atoms with Crippen molar-refractivity contribution in [3.63, 3.8) is 0 Å². The van der Waals surface area contributed by atoms with Gasteiger partial charge in [0.1, 0.15) is 10.6 Å². The number of ether oxygens (including phenoxy) is 1. The number of amides is 1. The number of hydrazone groups is 1. The summed E-state index contributed by atoms with van der Waals surface area (Å²) in [4.78, 5) is 24.2. The van der Waals surface area contributed by atoms with Crippen LogP contribution in [0, 0.1) is 6.92 Å². The quantitative estimate of drug-likeness (QED) is 0.853. The summed E-state index contributed by atoms with van der Waals surface area (Å²) in [7, 11) is 0. The van der Waals surface area contributed by atoms with Crippen molar-refractivity contribution in [2.45, 2.75) is 13.3 Å². The highest BCUT2D eigenvalue weighted by atomic mass is 32.1. The van der Waals surface area contributed by atoms with Gasteiger partial charge in [-0.05, 0) is 24.0 Å². The molecule has 1 aliphatic rings. The predicted octanol–water partition coefficient (Wildman–Crippen LogP) is 1.83. The fourth-order valence-corrected chi connectivity index (χ4v) is 3.03. The number of hydrogen-bond donors (Lipinski definition) is 1. The van der Waals surface area contributed by atoms with Gasteiger partial charge in [-0.15, -0.1) is 0 Å². The molecule has 24 heavy (non-hydrogen) atoms. The Morgan fingerprint density at radius 1 is 1.33 bits per heavy atom. The minimum atomic E-state index is -0.640. The number of nitrogens with zero attached hydrogens (tertiary/aromatic N) is 3. The molecule has 7 nitrogen and oxygen atoms in total. The average Bonchev–Trinajstić information content (AvgIpc) is 3.20. The summed E-state index contributed by atoms with van der Waals surface area (Å²) in [5.41, 5.74) is 8.25. The molecular weight excluding hydrogens is 328 g/mol. The highest BCUT2D eigenvalue weighted by Gasteiger charge is 2.24. The number of hydrogen-bond acceptors (Lipinski definition) is 7. The minimum absolute atomic E-state index is 0.225. The van der Waals surface area contributed by atoms with Crippen molar-refractivity contribution in [3.05, 3.63) is 47.2 Å². The van der Waals surface area contributed by atoms with Gasteiger partial charge in [0.2, 0.25) is 0 Å². The smallest absolute Gasteiger partial charge is 0.343 e. The Labute approximate surface area is 142 Å². The molecule has 8 heteroatoms.